The van der Waals surface area contributed by atoms with E-state index in [-0.39, 0.29) is 42.6 Å². The van der Waals surface area contributed by atoms with Gasteiger partial charge in [0.2, 0.25) is 23.6 Å². The molecule has 7 rings (SSSR count). The van der Waals surface area contributed by atoms with Crippen molar-refractivity contribution in [3.8, 4) is 0 Å². The number of ether oxygens (including phenoxy) is 4. The molecule has 3 N–H and O–H groups in total. The van der Waals surface area contributed by atoms with E-state index in [1.807, 2.05) is 40.1 Å². The van der Waals surface area contributed by atoms with Crippen molar-refractivity contribution < 1.29 is 47.7 Å². The van der Waals surface area contributed by atoms with Crippen LogP contribution in [0.3, 0.4) is 0 Å². The fraction of sp³-hybridized carbons (Fsp3) is 0.519. The van der Waals surface area contributed by atoms with E-state index in [4.69, 9.17) is 18.9 Å². The van der Waals surface area contributed by atoms with Crippen LogP contribution < -0.4 is 16.0 Å². The van der Waals surface area contributed by atoms with Gasteiger partial charge in [-0.25, -0.2) is 0 Å². The van der Waals surface area contributed by atoms with Gasteiger partial charge in [-0.1, -0.05) is 37.1 Å². The maximum absolute atomic E-state index is 13.3. The lowest BCUT2D eigenvalue weighted by atomic mass is 9.88. The Labute approximate surface area is 404 Å². The van der Waals surface area contributed by atoms with Crippen LogP contribution in [0.2, 0.25) is 0 Å². The van der Waals surface area contributed by atoms with Crippen molar-refractivity contribution in [1.82, 2.24) is 30.3 Å². The van der Waals surface area contributed by atoms with Gasteiger partial charge in [0.05, 0.1) is 46.2 Å². The smallest absolute Gasteiger partial charge is 0.255 e. The summed E-state index contributed by atoms with van der Waals surface area (Å²) in [7, 11) is 0. The lowest BCUT2D eigenvalue weighted by Gasteiger charge is -2.33. The van der Waals surface area contributed by atoms with E-state index in [0.29, 0.717) is 103 Å². The molecule has 1 atom stereocenters. The molecule has 69 heavy (non-hydrogen) atoms. The van der Waals surface area contributed by atoms with Gasteiger partial charge in [-0.05, 0) is 97.9 Å². The fourth-order valence-electron chi connectivity index (χ4n) is 9.36. The average molecular weight is 950 g/mol. The van der Waals surface area contributed by atoms with Crippen molar-refractivity contribution in [3.05, 3.63) is 101 Å². The number of nitrogens with zero attached hydrogens (tertiary/aromatic N) is 4. The van der Waals surface area contributed by atoms with Gasteiger partial charge in [0.25, 0.3) is 11.8 Å². The number of carbonyl (C=O) groups excluding carboxylic acids is 6. The second kappa shape index (κ2) is 26.7. The van der Waals surface area contributed by atoms with Gasteiger partial charge < -0.3 is 44.3 Å². The van der Waals surface area contributed by atoms with Crippen LogP contribution in [0.4, 0.5) is 5.69 Å². The summed E-state index contributed by atoms with van der Waals surface area (Å²) in [4.78, 5) is 84.7. The molecule has 0 radical (unpaired) electrons. The Bertz CT molecular complexity index is 2210. The third-order valence-electron chi connectivity index (χ3n) is 13.3. The predicted molar refractivity (Wildman–Crippen MR) is 258 cm³/mol. The Balaban J connectivity index is 0.658. The van der Waals surface area contributed by atoms with Crippen LogP contribution in [-0.4, -0.2) is 153 Å². The largest absolute Gasteiger partial charge is 0.382 e. The summed E-state index contributed by atoms with van der Waals surface area (Å²) < 4.78 is 22.5. The Morgan fingerprint density at radius 2 is 1.46 bits per heavy atom. The topological polar surface area (TPSA) is 198 Å². The minimum Gasteiger partial charge on any atom is -0.382 e. The number of hydrogen-bond donors (Lipinski definition) is 3. The van der Waals surface area contributed by atoms with Crippen molar-refractivity contribution >= 4 is 47.2 Å². The number of anilines is 1. The maximum atomic E-state index is 13.3. The third-order valence-corrected chi connectivity index (χ3v) is 13.3. The Morgan fingerprint density at radius 1 is 0.754 bits per heavy atom. The fourth-order valence-corrected chi connectivity index (χ4v) is 9.36. The summed E-state index contributed by atoms with van der Waals surface area (Å²) in [5.74, 6) is -0.0442. The molecule has 4 aliphatic heterocycles. The van der Waals surface area contributed by atoms with Crippen LogP contribution in [0.5, 0.6) is 0 Å². The first kappa shape index (κ1) is 50.9. The van der Waals surface area contributed by atoms with Crippen molar-refractivity contribution in [2.45, 2.75) is 76.3 Å². The molecule has 3 aromatic rings. The summed E-state index contributed by atoms with van der Waals surface area (Å²) in [5.41, 5.74) is 5.02. The highest BCUT2D eigenvalue weighted by molar-refractivity contribution is 6.06. The number of imide groups is 1. The molecule has 5 heterocycles. The summed E-state index contributed by atoms with van der Waals surface area (Å²) in [6.07, 6.45) is 14.1. The molecule has 1 unspecified atom stereocenters. The van der Waals surface area contributed by atoms with Crippen LogP contribution >= 0.6 is 0 Å². The van der Waals surface area contributed by atoms with Crippen LogP contribution in [0, 0.1) is 5.92 Å². The molecule has 370 valence electrons. The highest BCUT2D eigenvalue weighted by Gasteiger charge is 2.40. The molecule has 2 aromatic carbocycles. The SMILES string of the molecule is O=C(/C=C/c1cccnc1)NCCCCC1CCN(C(=O)c2ccc(C3CCN(C(=O)COCCOCCOCCOCCNc4cccc5c4CN(C4CCC(=O)NC4=O)C5=O)CC3)cc2)CC1. The van der Waals surface area contributed by atoms with Crippen LogP contribution in [0.15, 0.2) is 73.1 Å². The molecule has 1 aromatic heterocycles. The first-order chi connectivity index (χ1) is 33.7. The first-order valence-electron chi connectivity index (χ1n) is 24.6. The summed E-state index contributed by atoms with van der Waals surface area (Å²) >= 11 is 0. The van der Waals surface area contributed by atoms with Crippen LogP contribution in [0.25, 0.3) is 6.08 Å². The Hall–Kier alpha value is -6.01. The summed E-state index contributed by atoms with van der Waals surface area (Å²) in [6.45, 7) is 7.08. The maximum Gasteiger partial charge on any atom is 0.255 e. The molecule has 3 fully saturated rings. The molecular weight excluding hydrogens is 883 g/mol. The number of unbranched alkanes of at least 4 members (excludes halogenated alkanes) is 1. The summed E-state index contributed by atoms with van der Waals surface area (Å²) in [6, 6.07) is 16.6. The minimum absolute atomic E-state index is 0.0164. The lowest BCUT2D eigenvalue weighted by Crippen LogP contribution is -2.52. The molecule has 4 aliphatic rings. The van der Waals surface area contributed by atoms with Gasteiger partial charge in [-0.2, -0.15) is 0 Å². The molecular formula is C52H67N7O10. The number of benzene rings is 2. The van der Waals surface area contributed by atoms with E-state index >= 15 is 0 Å². The van der Waals surface area contributed by atoms with Gasteiger partial charge in [0, 0.05) is 93.1 Å². The van der Waals surface area contributed by atoms with Crippen LogP contribution in [0.1, 0.15) is 101 Å². The van der Waals surface area contributed by atoms with Gasteiger partial charge in [-0.15, -0.1) is 0 Å². The first-order valence-corrected chi connectivity index (χ1v) is 24.6. The zero-order valence-electron chi connectivity index (χ0n) is 39.6. The van der Waals surface area contributed by atoms with E-state index in [0.717, 1.165) is 80.4 Å². The zero-order chi connectivity index (χ0) is 48.2. The summed E-state index contributed by atoms with van der Waals surface area (Å²) in [5, 5.41) is 8.61. The Morgan fingerprint density at radius 3 is 2.17 bits per heavy atom. The number of piperidine rings is 3. The van der Waals surface area contributed by atoms with E-state index in [1.54, 1.807) is 36.7 Å². The van der Waals surface area contributed by atoms with Crippen molar-refractivity contribution in [2.75, 3.05) is 97.4 Å². The standard InChI is InChI=1S/C52H67N7O10/c60-47(15-9-39-6-4-21-53-35-39)55-22-2-1-5-38-17-24-58(25-18-38)51(64)42-12-10-40(11-13-42)41-19-26-57(27-20-41)49(62)37-69-34-33-68-32-31-67-30-29-66-28-23-54-45-8-3-7-43-44(45)36-59(52(43)65)46-14-16-48(61)56-50(46)63/h3-4,6-13,15,21,35,38,41,46,54H,1-2,5,14,16-20,22-34,36-37H2,(H,55,60)(H,56,61,63)/b15-9+. The second-order valence-electron chi connectivity index (χ2n) is 18.0. The minimum atomic E-state index is -0.653. The normalized spacial score (nSPS) is 17.9. The second-order valence-corrected chi connectivity index (χ2v) is 18.0. The zero-order valence-corrected chi connectivity index (χ0v) is 39.6. The third kappa shape index (κ3) is 15.2. The molecule has 0 spiro atoms. The molecule has 17 heteroatoms. The molecule has 0 bridgehead atoms. The van der Waals surface area contributed by atoms with Crippen molar-refractivity contribution in [2.24, 2.45) is 5.92 Å². The average Bonchev–Trinajstić information content (AvgIpc) is 3.71. The van der Waals surface area contributed by atoms with E-state index in [9.17, 15) is 28.8 Å². The van der Waals surface area contributed by atoms with E-state index < -0.39 is 11.9 Å². The molecule has 0 aliphatic carbocycles. The number of fused-ring (bicyclic) bond motifs is 1. The number of nitrogens with one attached hydrogen (secondary N) is 3. The predicted octanol–water partition coefficient (Wildman–Crippen LogP) is 4.58. The van der Waals surface area contributed by atoms with Gasteiger partial charge >= 0.3 is 0 Å². The van der Waals surface area contributed by atoms with Crippen molar-refractivity contribution in [3.63, 3.8) is 0 Å². The number of likely N-dealkylation sites (tertiary alicyclic amines) is 2. The number of aromatic nitrogens is 1. The lowest BCUT2D eigenvalue weighted by molar-refractivity contribution is -0.138. The van der Waals surface area contributed by atoms with E-state index in [2.05, 4.69) is 33.1 Å². The molecule has 3 saturated heterocycles. The van der Waals surface area contributed by atoms with Gasteiger partial charge in [-0.3, -0.25) is 39.1 Å². The molecule has 0 saturated carbocycles. The van der Waals surface area contributed by atoms with E-state index in [1.165, 1.54) is 10.5 Å². The van der Waals surface area contributed by atoms with Crippen LogP contribution in [-0.2, 0) is 44.7 Å². The number of amides is 6. The van der Waals surface area contributed by atoms with Gasteiger partial charge in [0.15, 0.2) is 0 Å². The Kier molecular flexibility index (Phi) is 19.7. The number of rotatable bonds is 25. The monoisotopic (exact) mass is 949 g/mol. The quantitative estimate of drug-likeness (QED) is 0.0609. The number of pyridine rings is 1. The van der Waals surface area contributed by atoms with Crippen molar-refractivity contribution in [1.29, 1.82) is 0 Å². The highest BCUT2D eigenvalue weighted by Crippen LogP contribution is 2.33. The highest BCUT2D eigenvalue weighted by atomic mass is 16.6. The number of carbonyl (C=O) groups is 6. The molecule has 6 amide bonds. The molecule has 17 nitrogen and oxygen atoms in total. The van der Waals surface area contributed by atoms with Gasteiger partial charge in [0.1, 0.15) is 12.6 Å². The number of hydrogen-bond acceptors (Lipinski definition) is 12.